The number of hydrogen-bond donors (Lipinski definition) is 4. The number of likely N-dealkylation sites (N-methyl/N-ethyl adjacent to an activating group) is 1. The summed E-state index contributed by atoms with van der Waals surface area (Å²) >= 11 is 0. The van der Waals surface area contributed by atoms with E-state index in [1.54, 1.807) is 42.6 Å². The van der Waals surface area contributed by atoms with Crippen LogP contribution in [0.2, 0.25) is 0 Å². The fourth-order valence-electron chi connectivity index (χ4n) is 5.48. The van der Waals surface area contributed by atoms with E-state index in [1.807, 2.05) is 37.1 Å². The van der Waals surface area contributed by atoms with E-state index in [1.165, 1.54) is 6.07 Å². The number of aromatic nitrogens is 1. The lowest BCUT2D eigenvalue weighted by Gasteiger charge is -2.34. The van der Waals surface area contributed by atoms with Crippen LogP contribution in [0.15, 0.2) is 66.9 Å². The van der Waals surface area contributed by atoms with Crippen molar-refractivity contribution in [3.8, 4) is 6.07 Å². The van der Waals surface area contributed by atoms with Crippen LogP contribution in [0.4, 0.5) is 41.6 Å². The summed E-state index contributed by atoms with van der Waals surface area (Å²) < 4.78 is 41.4. The second-order valence-electron chi connectivity index (χ2n) is 11.4. The lowest BCUT2D eigenvalue weighted by molar-refractivity contribution is -0.137. The molecule has 0 unspecified atom stereocenters. The Morgan fingerprint density at radius 3 is 2.48 bits per heavy atom. The van der Waals surface area contributed by atoms with Crippen LogP contribution in [-0.2, 0) is 11.0 Å². The van der Waals surface area contributed by atoms with Gasteiger partial charge in [0.1, 0.15) is 6.07 Å². The molecular formula is C34H30F3N7O2. The van der Waals surface area contributed by atoms with Crippen molar-refractivity contribution < 1.29 is 22.8 Å². The first-order chi connectivity index (χ1) is 22.0. The molecule has 0 radical (unpaired) electrons. The lowest BCUT2D eigenvalue weighted by atomic mass is 10.0. The number of nitrogens with zero attached hydrogens (tertiary/aromatic N) is 3. The summed E-state index contributed by atoms with van der Waals surface area (Å²) in [4.78, 5) is 32.9. The molecule has 4 N–H and O–H groups in total. The Morgan fingerprint density at radius 1 is 1.00 bits per heavy atom. The number of rotatable bonds is 6. The SMILES string of the molecule is Cc1ccc(NC(=O)c2cc(N3CCN(C)CC3)cc(C(F)(F)F)c2)cc1Nc1ccc2c(c1)NC(=O)C2=Cc1cc(C#N)c[nH]1. The second kappa shape index (κ2) is 12.1. The highest BCUT2D eigenvalue weighted by atomic mass is 19.4. The highest BCUT2D eigenvalue weighted by molar-refractivity contribution is 6.35. The number of carbonyl (C=O) groups is 2. The monoisotopic (exact) mass is 625 g/mol. The third kappa shape index (κ3) is 6.45. The molecule has 0 saturated carbocycles. The third-order valence-electron chi connectivity index (χ3n) is 8.09. The number of H-pyrrole nitrogens is 1. The third-order valence-corrected chi connectivity index (χ3v) is 8.09. The number of halogens is 3. The van der Waals surface area contributed by atoms with Crippen molar-refractivity contribution in [1.82, 2.24) is 9.88 Å². The van der Waals surface area contributed by atoms with Gasteiger partial charge in [-0.2, -0.15) is 18.4 Å². The van der Waals surface area contributed by atoms with Crippen LogP contribution >= 0.6 is 0 Å². The van der Waals surface area contributed by atoms with Crippen molar-refractivity contribution in [3.05, 3.63) is 100 Å². The number of amides is 2. The van der Waals surface area contributed by atoms with Gasteiger partial charge >= 0.3 is 6.18 Å². The molecule has 46 heavy (non-hydrogen) atoms. The fraction of sp³-hybridized carbons (Fsp3) is 0.206. The molecule has 0 aliphatic carbocycles. The van der Waals surface area contributed by atoms with E-state index in [0.29, 0.717) is 77.0 Å². The van der Waals surface area contributed by atoms with Crippen molar-refractivity contribution in [2.24, 2.45) is 0 Å². The maximum Gasteiger partial charge on any atom is 0.416 e. The van der Waals surface area contributed by atoms with Crippen molar-refractivity contribution in [1.29, 1.82) is 5.26 Å². The zero-order valence-corrected chi connectivity index (χ0v) is 25.0. The minimum absolute atomic E-state index is 0.0831. The van der Waals surface area contributed by atoms with Crippen LogP contribution in [-0.4, -0.2) is 54.9 Å². The molecule has 0 spiro atoms. The number of piperazine rings is 1. The first kappa shape index (κ1) is 30.5. The van der Waals surface area contributed by atoms with Crippen molar-refractivity contribution >= 4 is 51.9 Å². The normalized spacial score (nSPS) is 15.8. The summed E-state index contributed by atoms with van der Waals surface area (Å²) in [6, 6.07) is 17.8. The first-order valence-electron chi connectivity index (χ1n) is 14.6. The lowest BCUT2D eigenvalue weighted by Crippen LogP contribution is -2.44. The molecule has 0 atom stereocenters. The average molecular weight is 626 g/mol. The first-order valence-corrected chi connectivity index (χ1v) is 14.6. The van der Waals surface area contributed by atoms with E-state index < -0.39 is 17.6 Å². The Labute approximate surface area is 263 Å². The van der Waals surface area contributed by atoms with E-state index in [-0.39, 0.29) is 11.5 Å². The van der Waals surface area contributed by atoms with Crippen LogP contribution in [0.1, 0.15) is 38.3 Å². The maximum atomic E-state index is 13.8. The molecule has 3 aromatic carbocycles. The van der Waals surface area contributed by atoms with Gasteiger partial charge in [0.15, 0.2) is 0 Å². The van der Waals surface area contributed by atoms with Gasteiger partial charge in [0.05, 0.1) is 22.4 Å². The Hall–Kier alpha value is -5.54. The molecule has 3 heterocycles. The van der Waals surface area contributed by atoms with E-state index in [2.05, 4.69) is 25.8 Å². The molecule has 12 heteroatoms. The molecule has 2 aliphatic rings. The number of anilines is 5. The number of fused-ring (bicyclic) bond motifs is 1. The number of aromatic amines is 1. The Kier molecular flexibility index (Phi) is 8.02. The molecule has 1 saturated heterocycles. The van der Waals surface area contributed by atoms with Crippen molar-refractivity contribution in [2.45, 2.75) is 13.1 Å². The average Bonchev–Trinajstić information content (AvgIpc) is 3.61. The van der Waals surface area contributed by atoms with Crippen LogP contribution in [0.3, 0.4) is 0 Å². The highest BCUT2D eigenvalue weighted by Gasteiger charge is 2.33. The number of aryl methyl sites for hydroxylation is 1. The van der Waals surface area contributed by atoms with E-state index in [0.717, 1.165) is 17.7 Å². The van der Waals surface area contributed by atoms with Crippen LogP contribution < -0.4 is 20.9 Å². The molecule has 2 amide bonds. The van der Waals surface area contributed by atoms with Gasteiger partial charge in [0.2, 0.25) is 0 Å². The fourth-order valence-corrected chi connectivity index (χ4v) is 5.48. The largest absolute Gasteiger partial charge is 0.416 e. The molecule has 1 aromatic heterocycles. The Morgan fingerprint density at radius 2 is 1.76 bits per heavy atom. The van der Waals surface area contributed by atoms with Crippen LogP contribution in [0, 0.1) is 18.3 Å². The van der Waals surface area contributed by atoms with Crippen molar-refractivity contribution in [2.75, 3.05) is 54.1 Å². The van der Waals surface area contributed by atoms with Gasteiger partial charge in [-0.05, 0) is 74.1 Å². The standard InChI is InChI=1S/C34H30F3N7O2/c1-20-3-4-25(41-32(45)22-12-23(34(35,36)37)14-27(13-22)44-9-7-43(2)8-10-44)16-30(20)40-24-5-6-28-29(33(46)42-31(28)17-24)15-26-11-21(18-38)19-39-26/h3-6,11-17,19,39-40H,7-10H2,1-2H3,(H,41,45)(H,42,46). The van der Waals surface area contributed by atoms with Gasteiger partial charge < -0.3 is 30.7 Å². The summed E-state index contributed by atoms with van der Waals surface area (Å²) in [5.74, 6) is -0.925. The molecule has 6 rings (SSSR count). The molecule has 234 valence electrons. The Balaban J connectivity index is 1.21. The van der Waals surface area contributed by atoms with E-state index in [4.69, 9.17) is 5.26 Å². The predicted octanol–water partition coefficient (Wildman–Crippen LogP) is 6.45. The zero-order valence-electron chi connectivity index (χ0n) is 25.0. The van der Waals surface area contributed by atoms with Crippen LogP contribution in [0.25, 0.3) is 11.6 Å². The number of alkyl halides is 3. The highest BCUT2D eigenvalue weighted by Crippen LogP contribution is 2.37. The second-order valence-corrected chi connectivity index (χ2v) is 11.4. The number of hydrogen-bond acceptors (Lipinski definition) is 6. The van der Waals surface area contributed by atoms with Gasteiger partial charge in [-0.25, -0.2) is 0 Å². The number of nitriles is 1. The summed E-state index contributed by atoms with van der Waals surface area (Å²) in [6.07, 6.45) is -1.35. The topological polar surface area (TPSA) is 116 Å². The van der Waals surface area contributed by atoms with E-state index >= 15 is 0 Å². The van der Waals surface area contributed by atoms with Gasteiger partial charge in [-0.3, -0.25) is 9.59 Å². The minimum atomic E-state index is -4.60. The molecule has 2 aliphatic heterocycles. The zero-order chi connectivity index (χ0) is 32.6. The predicted molar refractivity (Wildman–Crippen MR) is 172 cm³/mol. The molecular weight excluding hydrogens is 595 g/mol. The molecule has 9 nitrogen and oxygen atoms in total. The van der Waals surface area contributed by atoms with E-state index in [9.17, 15) is 22.8 Å². The quantitative estimate of drug-likeness (QED) is 0.183. The number of carbonyl (C=O) groups excluding carboxylic acids is 2. The summed E-state index contributed by atoms with van der Waals surface area (Å²) in [5.41, 5.74) is 4.87. The molecule has 4 aromatic rings. The van der Waals surface area contributed by atoms with Crippen molar-refractivity contribution in [3.63, 3.8) is 0 Å². The Bertz CT molecular complexity index is 1910. The summed E-state index contributed by atoms with van der Waals surface area (Å²) in [6.45, 7) is 4.42. The van der Waals surface area contributed by atoms with Gasteiger partial charge in [-0.1, -0.05) is 12.1 Å². The van der Waals surface area contributed by atoms with Gasteiger partial charge in [0, 0.05) is 71.9 Å². The number of nitrogens with one attached hydrogen (secondary N) is 4. The minimum Gasteiger partial charge on any atom is -0.369 e. The molecule has 1 fully saturated rings. The van der Waals surface area contributed by atoms with Crippen LogP contribution in [0.5, 0.6) is 0 Å². The van der Waals surface area contributed by atoms with Gasteiger partial charge in [0.25, 0.3) is 11.8 Å². The maximum absolute atomic E-state index is 13.8. The summed E-state index contributed by atoms with van der Waals surface area (Å²) in [7, 11) is 1.96. The molecule has 0 bridgehead atoms. The number of benzene rings is 3. The van der Waals surface area contributed by atoms with Gasteiger partial charge in [-0.15, -0.1) is 0 Å². The summed E-state index contributed by atoms with van der Waals surface area (Å²) in [5, 5.41) is 18.0. The smallest absolute Gasteiger partial charge is 0.369 e.